The van der Waals surface area contributed by atoms with Crippen molar-refractivity contribution >= 4 is 23.5 Å². The topological polar surface area (TPSA) is 41.9 Å². The van der Waals surface area contributed by atoms with E-state index in [1.54, 1.807) is 17.0 Å². The number of halogens is 1. The summed E-state index contributed by atoms with van der Waals surface area (Å²) in [5.74, 6) is 0.953. The SMILES string of the molecule is CC(C)COC(=O)N1CCN=C1c1cccc(Cl)c1. The summed E-state index contributed by atoms with van der Waals surface area (Å²) in [7, 11) is 0. The van der Waals surface area contributed by atoms with Crippen molar-refractivity contribution < 1.29 is 9.53 Å². The molecule has 102 valence electrons. The molecule has 0 fully saturated rings. The first kappa shape index (κ1) is 13.9. The summed E-state index contributed by atoms with van der Waals surface area (Å²) < 4.78 is 5.24. The molecule has 1 aliphatic heterocycles. The zero-order valence-corrected chi connectivity index (χ0v) is 11.9. The van der Waals surface area contributed by atoms with Crippen molar-refractivity contribution in [1.82, 2.24) is 4.90 Å². The number of benzene rings is 1. The second kappa shape index (κ2) is 6.06. The van der Waals surface area contributed by atoms with Crippen molar-refractivity contribution in [3.8, 4) is 0 Å². The van der Waals surface area contributed by atoms with E-state index in [9.17, 15) is 4.79 Å². The predicted octanol–water partition coefficient (Wildman–Crippen LogP) is 3.19. The molecule has 0 saturated heterocycles. The third-order valence-corrected chi connectivity index (χ3v) is 2.92. The van der Waals surface area contributed by atoms with Gasteiger partial charge in [-0.1, -0.05) is 37.6 Å². The molecule has 1 aliphatic rings. The number of amidine groups is 1. The van der Waals surface area contributed by atoms with Crippen molar-refractivity contribution in [3.63, 3.8) is 0 Å². The van der Waals surface area contributed by atoms with Crippen LogP contribution in [0.1, 0.15) is 19.4 Å². The van der Waals surface area contributed by atoms with E-state index in [1.165, 1.54) is 0 Å². The van der Waals surface area contributed by atoms with E-state index in [2.05, 4.69) is 4.99 Å². The quantitative estimate of drug-likeness (QED) is 0.853. The van der Waals surface area contributed by atoms with Crippen LogP contribution in [0.15, 0.2) is 29.3 Å². The molecule has 0 saturated carbocycles. The Morgan fingerprint density at radius 2 is 2.32 bits per heavy atom. The van der Waals surface area contributed by atoms with Gasteiger partial charge in [0.1, 0.15) is 5.84 Å². The van der Waals surface area contributed by atoms with Crippen LogP contribution in [0.5, 0.6) is 0 Å². The van der Waals surface area contributed by atoms with Gasteiger partial charge in [-0.15, -0.1) is 0 Å². The molecule has 0 aliphatic carbocycles. The summed E-state index contributed by atoms with van der Waals surface area (Å²) in [5, 5.41) is 0.627. The molecule has 0 aromatic heterocycles. The monoisotopic (exact) mass is 280 g/mol. The first-order chi connectivity index (χ1) is 9.08. The molecule has 0 radical (unpaired) electrons. The fourth-order valence-corrected chi connectivity index (χ4v) is 2.01. The minimum atomic E-state index is -0.343. The Morgan fingerprint density at radius 3 is 3.00 bits per heavy atom. The molecule has 0 atom stereocenters. The average Bonchev–Trinajstić information content (AvgIpc) is 2.85. The maximum Gasteiger partial charge on any atom is 0.415 e. The predicted molar refractivity (Wildman–Crippen MR) is 75.7 cm³/mol. The van der Waals surface area contributed by atoms with E-state index in [4.69, 9.17) is 16.3 Å². The van der Waals surface area contributed by atoms with Crippen LogP contribution in [0.25, 0.3) is 0 Å². The second-order valence-corrected chi connectivity index (χ2v) is 5.27. The van der Waals surface area contributed by atoms with Gasteiger partial charge >= 0.3 is 6.09 Å². The third-order valence-electron chi connectivity index (χ3n) is 2.68. The van der Waals surface area contributed by atoms with Gasteiger partial charge in [-0.05, 0) is 18.1 Å². The van der Waals surface area contributed by atoms with Crippen molar-refractivity contribution in [3.05, 3.63) is 34.9 Å². The van der Waals surface area contributed by atoms with E-state index in [0.29, 0.717) is 36.5 Å². The Labute approximate surface area is 118 Å². The lowest BCUT2D eigenvalue weighted by Crippen LogP contribution is -2.36. The molecule has 1 aromatic carbocycles. The lowest BCUT2D eigenvalue weighted by Gasteiger charge is -2.19. The summed E-state index contributed by atoms with van der Waals surface area (Å²) in [4.78, 5) is 17.9. The molecule has 0 bridgehead atoms. The van der Waals surface area contributed by atoms with Crippen molar-refractivity contribution in [2.45, 2.75) is 13.8 Å². The zero-order valence-electron chi connectivity index (χ0n) is 11.1. The third kappa shape index (κ3) is 3.47. The fraction of sp³-hybridized carbons (Fsp3) is 0.429. The Morgan fingerprint density at radius 1 is 1.53 bits per heavy atom. The number of aliphatic imine (C=N–C) groups is 1. The Bertz CT molecular complexity index is 500. The molecule has 1 heterocycles. The largest absolute Gasteiger partial charge is 0.449 e. The van der Waals surface area contributed by atoms with E-state index in [-0.39, 0.29) is 6.09 Å². The highest BCUT2D eigenvalue weighted by molar-refractivity contribution is 6.31. The van der Waals surface area contributed by atoms with Gasteiger partial charge in [-0.3, -0.25) is 9.89 Å². The zero-order chi connectivity index (χ0) is 13.8. The van der Waals surface area contributed by atoms with Crippen LogP contribution in [-0.2, 0) is 4.74 Å². The first-order valence-electron chi connectivity index (χ1n) is 6.32. The van der Waals surface area contributed by atoms with Gasteiger partial charge < -0.3 is 4.74 Å². The van der Waals surface area contributed by atoms with Gasteiger partial charge in [-0.2, -0.15) is 0 Å². The van der Waals surface area contributed by atoms with Crippen LogP contribution in [-0.4, -0.2) is 36.5 Å². The summed E-state index contributed by atoms with van der Waals surface area (Å²) >= 11 is 5.96. The van der Waals surface area contributed by atoms with Crippen LogP contribution in [0, 0.1) is 5.92 Å². The number of carbonyl (C=O) groups is 1. The number of hydrogen-bond acceptors (Lipinski definition) is 3. The Kier molecular flexibility index (Phi) is 4.43. The van der Waals surface area contributed by atoms with Gasteiger partial charge in [0.25, 0.3) is 0 Å². The highest BCUT2D eigenvalue weighted by Gasteiger charge is 2.26. The van der Waals surface area contributed by atoms with Crippen LogP contribution < -0.4 is 0 Å². The molecule has 0 unspecified atom stereocenters. The normalized spacial score (nSPS) is 14.7. The van der Waals surface area contributed by atoms with E-state index in [1.807, 2.05) is 26.0 Å². The van der Waals surface area contributed by atoms with Crippen LogP contribution in [0.2, 0.25) is 5.02 Å². The number of ether oxygens (including phenoxy) is 1. The van der Waals surface area contributed by atoms with Crippen LogP contribution >= 0.6 is 11.6 Å². The second-order valence-electron chi connectivity index (χ2n) is 4.84. The van der Waals surface area contributed by atoms with Gasteiger partial charge in [0.15, 0.2) is 0 Å². The smallest absolute Gasteiger partial charge is 0.415 e. The highest BCUT2D eigenvalue weighted by atomic mass is 35.5. The lowest BCUT2D eigenvalue weighted by molar-refractivity contribution is 0.113. The molecule has 1 amide bonds. The molecule has 1 aromatic rings. The van der Waals surface area contributed by atoms with E-state index in [0.717, 1.165) is 5.56 Å². The average molecular weight is 281 g/mol. The summed E-state index contributed by atoms with van der Waals surface area (Å²) in [6.45, 7) is 5.57. The minimum absolute atomic E-state index is 0.318. The minimum Gasteiger partial charge on any atom is -0.449 e. The maximum absolute atomic E-state index is 12.0. The van der Waals surface area contributed by atoms with Gasteiger partial charge in [0.2, 0.25) is 0 Å². The fourth-order valence-electron chi connectivity index (χ4n) is 1.82. The molecule has 4 nitrogen and oxygen atoms in total. The summed E-state index contributed by atoms with van der Waals surface area (Å²) in [6.07, 6.45) is -0.343. The van der Waals surface area contributed by atoms with Crippen LogP contribution in [0.4, 0.5) is 4.79 Å². The van der Waals surface area contributed by atoms with Gasteiger partial charge in [0.05, 0.1) is 19.7 Å². The number of nitrogens with zero attached hydrogens (tertiary/aromatic N) is 2. The molecule has 2 rings (SSSR count). The van der Waals surface area contributed by atoms with Crippen LogP contribution in [0.3, 0.4) is 0 Å². The molecule has 19 heavy (non-hydrogen) atoms. The van der Waals surface area contributed by atoms with E-state index >= 15 is 0 Å². The number of rotatable bonds is 3. The molecular formula is C14H17ClN2O2. The van der Waals surface area contributed by atoms with Crippen molar-refractivity contribution in [2.75, 3.05) is 19.7 Å². The number of amides is 1. The molecule has 0 N–H and O–H groups in total. The van der Waals surface area contributed by atoms with Gasteiger partial charge in [-0.25, -0.2) is 4.79 Å². The molecular weight excluding hydrogens is 264 g/mol. The molecule has 0 spiro atoms. The summed E-state index contributed by atoms with van der Waals surface area (Å²) in [5.41, 5.74) is 0.839. The standard InChI is InChI=1S/C14H17ClN2O2/c1-10(2)9-19-14(18)17-7-6-16-13(17)11-4-3-5-12(15)8-11/h3-5,8,10H,6-7,9H2,1-2H3. The first-order valence-corrected chi connectivity index (χ1v) is 6.70. The summed E-state index contributed by atoms with van der Waals surface area (Å²) in [6, 6.07) is 7.32. The lowest BCUT2D eigenvalue weighted by atomic mass is 10.2. The van der Waals surface area contributed by atoms with Crippen molar-refractivity contribution in [1.29, 1.82) is 0 Å². The van der Waals surface area contributed by atoms with Gasteiger partial charge in [0, 0.05) is 10.6 Å². The Hall–Kier alpha value is -1.55. The Balaban J connectivity index is 2.10. The highest BCUT2D eigenvalue weighted by Crippen LogP contribution is 2.17. The van der Waals surface area contributed by atoms with E-state index < -0.39 is 0 Å². The molecule has 5 heteroatoms. The number of hydrogen-bond donors (Lipinski definition) is 0. The maximum atomic E-state index is 12.0. The number of carbonyl (C=O) groups excluding carboxylic acids is 1. The van der Waals surface area contributed by atoms with Crippen molar-refractivity contribution in [2.24, 2.45) is 10.9 Å².